The molecule has 0 amide bonds. The van der Waals surface area contributed by atoms with Gasteiger partial charge in [-0.25, -0.2) is 0 Å². The maximum Gasteiger partial charge on any atom is 0.156 e. The molecule has 7 heteroatoms. The third-order valence-corrected chi connectivity index (χ3v) is 5.26. The molecule has 3 aromatic rings. The first kappa shape index (κ1) is 21.9. The molecule has 0 saturated heterocycles. The van der Waals surface area contributed by atoms with Crippen molar-refractivity contribution < 1.29 is 9.47 Å². The van der Waals surface area contributed by atoms with Crippen LogP contribution in [-0.4, -0.2) is 6.61 Å². The summed E-state index contributed by atoms with van der Waals surface area (Å²) in [6, 6.07) is 16.6. The number of halogens is 4. The van der Waals surface area contributed by atoms with Gasteiger partial charge in [0.2, 0.25) is 0 Å². The molecule has 0 fully saturated rings. The summed E-state index contributed by atoms with van der Waals surface area (Å²) in [4.78, 5) is 0. The summed E-state index contributed by atoms with van der Waals surface area (Å²) < 4.78 is 11.2. The number of hydrogen-bond acceptors (Lipinski definition) is 3. The molecule has 0 aliphatic heterocycles. The Morgan fingerprint density at radius 2 is 1.48 bits per heavy atom. The van der Waals surface area contributed by atoms with E-state index in [1.54, 1.807) is 12.1 Å². The topological polar surface area (TPSA) is 30.5 Å². The van der Waals surface area contributed by atoms with Gasteiger partial charge in [-0.15, -0.1) is 0 Å². The van der Waals surface area contributed by atoms with E-state index in [0.29, 0.717) is 39.0 Å². The van der Waals surface area contributed by atoms with Crippen molar-refractivity contribution in [2.45, 2.75) is 20.1 Å². The first-order chi connectivity index (χ1) is 14.0. The Bertz CT molecular complexity index is 954. The fourth-order valence-corrected chi connectivity index (χ4v) is 3.79. The molecule has 0 saturated carbocycles. The minimum Gasteiger partial charge on any atom is -0.494 e. The second-order valence-corrected chi connectivity index (χ2v) is 7.88. The van der Waals surface area contributed by atoms with Crippen LogP contribution in [0.2, 0.25) is 20.1 Å². The molecule has 0 atom stereocenters. The van der Waals surface area contributed by atoms with Crippen molar-refractivity contribution in [3.63, 3.8) is 0 Å². The van der Waals surface area contributed by atoms with E-state index in [4.69, 9.17) is 55.9 Å². The minimum atomic E-state index is 0.235. The third-order valence-electron chi connectivity index (χ3n) is 4.11. The van der Waals surface area contributed by atoms with Crippen LogP contribution in [-0.2, 0) is 13.2 Å². The van der Waals surface area contributed by atoms with E-state index in [0.717, 1.165) is 22.6 Å². The highest BCUT2D eigenvalue weighted by molar-refractivity contribution is 6.37. The fraction of sp³-hybridized carbons (Fsp3) is 0.182. The number of anilines is 1. The summed E-state index contributed by atoms with van der Waals surface area (Å²) in [6.45, 7) is 3.40. The molecule has 0 spiro atoms. The quantitative estimate of drug-likeness (QED) is 0.363. The fourth-order valence-electron chi connectivity index (χ4n) is 2.68. The van der Waals surface area contributed by atoms with Crippen molar-refractivity contribution >= 4 is 52.1 Å². The zero-order valence-corrected chi connectivity index (χ0v) is 18.7. The minimum absolute atomic E-state index is 0.235. The van der Waals surface area contributed by atoms with Gasteiger partial charge in [-0.05, 0) is 61.0 Å². The highest BCUT2D eigenvalue weighted by Crippen LogP contribution is 2.35. The summed E-state index contributed by atoms with van der Waals surface area (Å²) in [5.74, 6) is 1.26. The lowest BCUT2D eigenvalue weighted by molar-refractivity contribution is 0.306. The van der Waals surface area contributed by atoms with Crippen LogP contribution in [0, 0.1) is 0 Å². The molecule has 0 radical (unpaired) electrons. The molecule has 29 heavy (non-hydrogen) atoms. The van der Waals surface area contributed by atoms with Gasteiger partial charge in [-0.1, -0.05) is 52.5 Å². The van der Waals surface area contributed by atoms with E-state index in [9.17, 15) is 0 Å². The highest BCUT2D eigenvalue weighted by Gasteiger charge is 2.11. The van der Waals surface area contributed by atoms with Crippen LogP contribution >= 0.6 is 46.4 Å². The second-order valence-electron chi connectivity index (χ2n) is 6.22. The molecule has 0 heterocycles. The van der Waals surface area contributed by atoms with Crippen molar-refractivity contribution in [2.24, 2.45) is 0 Å². The molecule has 0 bridgehead atoms. The highest BCUT2D eigenvalue weighted by atomic mass is 35.5. The normalized spacial score (nSPS) is 10.7. The molecule has 0 aliphatic rings. The van der Waals surface area contributed by atoms with E-state index in [2.05, 4.69) is 5.32 Å². The Morgan fingerprint density at radius 3 is 2.10 bits per heavy atom. The average molecular weight is 471 g/mol. The summed E-state index contributed by atoms with van der Waals surface area (Å²) in [7, 11) is 0. The molecule has 0 aromatic heterocycles. The molecule has 0 aliphatic carbocycles. The lowest BCUT2D eigenvalue weighted by atomic mass is 10.2. The van der Waals surface area contributed by atoms with Crippen LogP contribution in [0.25, 0.3) is 0 Å². The van der Waals surface area contributed by atoms with E-state index in [1.807, 2.05) is 49.4 Å². The maximum absolute atomic E-state index is 6.40. The van der Waals surface area contributed by atoms with E-state index in [1.165, 1.54) is 0 Å². The van der Waals surface area contributed by atoms with Crippen molar-refractivity contribution in [1.29, 1.82) is 0 Å². The van der Waals surface area contributed by atoms with Crippen LogP contribution in [0.1, 0.15) is 18.1 Å². The monoisotopic (exact) mass is 469 g/mol. The van der Waals surface area contributed by atoms with Crippen LogP contribution < -0.4 is 14.8 Å². The smallest absolute Gasteiger partial charge is 0.156 e. The van der Waals surface area contributed by atoms with Crippen LogP contribution in [0.3, 0.4) is 0 Å². The number of hydrogen-bond donors (Lipinski definition) is 1. The zero-order chi connectivity index (χ0) is 20.8. The summed E-state index contributed by atoms with van der Waals surface area (Å²) >= 11 is 24.9. The van der Waals surface area contributed by atoms with Crippen LogP contribution in [0.15, 0.2) is 54.6 Å². The van der Waals surface area contributed by atoms with Crippen molar-refractivity contribution in [1.82, 2.24) is 0 Å². The molecule has 152 valence electrons. The van der Waals surface area contributed by atoms with Gasteiger partial charge < -0.3 is 14.8 Å². The Hall–Kier alpha value is -1.78. The maximum atomic E-state index is 6.40. The lowest BCUT2D eigenvalue weighted by Gasteiger charge is -2.14. The molecule has 3 nitrogen and oxygen atoms in total. The molecule has 3 aromatic carbocycles. The van der Waals surface area contributed by atoms with Gasteiger partial charge in [0, 0.05) is 27.8 Å². The van der Waals surface area contributed by atoms with E-state index >= 15 is 0 Å². The number of benzene rings is 3. The van der Waals surface area contributed by atoms with Gasteiger partial charge in [0.1, 0.15) is 12.4 Å². The molecule has 1 N–H and O–H groups in total. The third kappa shape index (κ3) is 6.10. The number of rotatable bonds is 8. The largest absolute Gasteiger partial charge is 0.494 e. The van der Waals surface area contributed by atoms with Gasteiger partial charge in [0.15, 0.2) is 5.75 Å². The van der Waals surface area contributed by atoms with Crippen LogP contribution in [0.4, 0.5) is 5.69 Å². The SMILES string of the molecule is CCOc1ccc(NCc2cc(Cl)c(OCc3ccc(Cl)cc3Cl)c(Cl)c2)cc1. The van der Waals surface area contributed by atoms with Gasteiger partial charge in [0.05, 0.1) is 16.7 Å². The van der Waals surface area contributed by atoms with Gasteiger partial charge in [0.25, 0.3) is 0 Å². The number of nitrogens with one attached hydrogen (secondary N) is 1. The predicted octanol–water partition coefficient (Wildman–Crippen LogP) is 7.89. The molecule has 3 rings (SSSR count). The van der Waals surface area contributed by atoms with Crippen molar-refractivity contribution in [3.8, 4) is 11.5 Å². The summed E-state index contributed by atoms with van der Waals surface area (Å²) in [6.07, 6.45) is 0. The average Bonchev–Trinajstić information content (AvgIpc) is 2.68. The Kier molecular flexibility index (Phi) is 7.79. The summed E-state index contributed by atoms with van der Waals surface area (Å²) in [5, 5.41) is 5.30. The predicted molar refractivity (Wildman–Crippen MR) is 122 cm³/mol. The molecule has 0 unspecified atom stereocenters. The number of ether oxygens (including phenoxy) is 2. The van der Waals surface area contributed by atoms with Crippen LogP contribution in [0.5, 0.6) is 11.5 Å². The standard InChI is InChI=1S/C22H19Cl4NO2/c1-2-28-18-7-5-17(6-8-18)27-12-14-9-20(25)22(21(26)10-14)29-13-15-3-4-16(23)11-19(15)24/h3-11,27H,2,12-13H2,1H3. The lowest BCUT2D eigenvalue weighted by Crippen LogP contribution is -2.02. The van der Waals surface area contributed by atoms with E-state index in [-0.39, 0.29) is 6.61 Å². The van der Waals surface area contributed by atoms with Crippen molar-refractivity contribution in [2.75, 3.05) is 11.9 Å². The Labute approximate surface area is 190 Å². The molecular formula is C22H19Cl4NO2. The van der Waals surface area contributed by atoms with E-state index < -0.39 is 0 Å². The Morgan fingerprint density at radius 1 is 0.793 bits per heavy atom. The van der Waals surface area contributed by atoms with Crippen molar-refractivity contribution in [3.05, 3.63) is 85.8 Å². The van der Waals surface area contributed by atoms with Gasteiger partial charge in [-0.3, -0.25) is 0 Å². The first-order valence-corrected chi connectivity index (χ1v) is 10.5. The second kappa shape index (κ2) is 10.3. The van der Waals surface area contributed by atoms with Gasteiger partial charge >= 0.3 is 0 Å². The Balaban J connectivity index is 1.63. The zero-order valence-electron chi connectivity index (χ0n) is 15.6. The molecular weight excluding hydrogens is 452 g/mol. The van der Waals surface area contributed by atoms with Gasteiger partial charge in [-0.2, -0.15) is 0 Å². The first-order valence-electron chi connectivity index (χ1n) is 8.97. The summed E-state index contributed by atoms with van der Waals surface area (Å²) in [5.41, 5.74) is 2.70.